The van der Waals surface area contributed by atoms with Crippen LogP contribution in [0, 0.1) is 0 Å². The zero-order valence-corrected chi connectivity index (χ0v) is 14.2. The lowest BCUT2D eigenvalue weighted by atomic mass is 9.85. The third-order valence-corrected chi connectivity index (χ3v) is 5.72. The molecule has 1 aromatic carbocycles. The summed E-state index contributed by atoms with van der Waals surface area (Å²) in [5.74, 6) is 0.448. The summed E-state index contributed by atoms with van der Waals surface area (Å²) in [6.45, 7) is 2.23. The number of Topliss-reactive ketones (excluding diaryl/α,β-unsaturated/α-hetero) is 1. The third kappa shape index (κ3) is 3.24. The Morgan fingerprint density at radius 3 is 2.24 bits per heavy atom. The van der Waals surface area contributed by atoms with Crippen molar-refractivity contribution in [2.24, 2.45) is 0 Å². The fourth-order valence-corrected chi connectivity index (χ4v) is 4.27. The van der Waals surface area contributed by atoms with Gasteiger partial charge in [-0.1, -0.05) is 47.3 Å². The highest BCUT2D eigenvalue weighted by Crippen LogP contribution is 2.38. The molecule has 2 aliphatic rings. The minimum Gasteiger partial charge on any atom is -0.297 e. The lowest BCUT2D eigenvalue weighted by Crippen LogP contribution is -2.55. The minimum absolute atomic E-state index is 0.145. The standard InChI is InChI=1S/C18H24BrNO/c19-16-8-6-15(7-9-16)14-17(21)18(10-2-3-11-18)20-12-4-1-5-13-20/h6-9H,1-5,10-14H2. The molecule has 2 fully saturated rings. The van der Waals surface area contributed by atoms with Gasteiger partial charge in [-0.25, -0.2) is 0 Å². The fraction of sp³-hybridized carbons (Fsp3) is 0.611. The van der Waals surface area contributed by atoms with Gasteiger partial charge in [0, 0.05) is 10.9 Å². The number of piperidine rings is 1. The summed E-state index contributed by atoms with van der Waals surface area (Å²) in [4.78, 5) is 15.6. The van der Waals surface area contributed by atoms with Gasteiger partial charge in [0.1, 0.15) is 0 Å². The average molecular weight is 350 g/mol. The molecule has 21 heavy (non-hydrogen) atoms. The molecule has 0 N–H and O–H groups in total. The SMILES string of the molecule is O=C(Cc1ccc(Br)cc1)C1(N2CCCCC2)CCCC1. The van der Waals surface area contributed by atoms with Gasteiger partial charge >= 0.3 is 0 Å². The van der Waals surface area contributed by atoms with Crippen LogP contribution in [0.5, 0.6) is 0 Å². The highest BCUT2D eigenvalue weighted by molar-refractivity contribution is 9.10. The summed E-state index contributed by atoms with van der Waals surface area (Å²) in [7, 11) is 0. The second kappa shape index (κ2) is 6.62. The monoisotopic (exact) mass is 349 g/mol. The van der Waals surface area contributed by atoms with E-state index in [1.54, 1.807) is 0 Å². The molecule has 0 radical (unpaired) electrons. The van der Waals surface area contributed by atoms with Gasteiger partial charge < -0.3 is 0 Å². The van der Waals surface area contributed by atoms with Crippen molar-refractivity contribution in [3.8, 4) is 0 Å². The third-order valence-electron chi connectivity index (χ3n) is 5.19. The summed E-state index contributed by atoms with van der Waals surface area (Å²) in [6, 6.07) is 8.21. The molecule has 114 valence electrons. The molecule has 1 saturated heterocycles. The highest BCUT2D eigenvalue weighted by atomic mass is 79.9. The molecular formula is C18H24BrNO. The molecule has 3 heteroatoms. The van der Waals surface area contributed by atoms with Crippen molar-refractivity contribution < 1.29 is 4.79 Å². The molecule has 1 heterocycles. The Morgan fingerprint density at radius 1 is 1.00 bits per heavy atom. The van der Waals surface area contributed by atoms with Crippen molar-refractivity contribution in [1.29, 1.82) is 0 Å². The Kier molecular flexibility index (Phi) is 4.80. The maximum atomic E-state index is 13.1. The Bertz CT molecular complexity index is 484. The number of benzene rings is 1. The molecule has 0 spiro atoms. The van der Waals surface area contributed by atoms with Crippen LogP contribution in [0.4, 0.5) is 0 Å². The first-order valence-electron chi connectivity index (χ1n) is 8.23. The van der Waals surface area contributed by atoms with E-state index in [1.807, 2.05) is 12.1 Å². The number of rotatable bonds is 4. The quantitative estimate of drug-likeness (QED) is 0.804. The van der Waals surface area contributed by atoms with Gasteiger partial charge in [-0.05, 0) is 56.5 Å². The van der Waals surface area contributed by atoms with Gasteiger partial charge in [0.05, 0.1) is 5.54 Å². The molecule has 0 bridgehead atoms. The van der Waals surface area contributed by atoms with E-state index in [2.05, 4.69) is 33.0 Å². The second-order valence-electron chi connectivity index (χ2n) is 6.51. The molecule has 3 rings (SSSR count). The molecule has 0 unspecified atom stereocenters. The van der Waals surface area contributed by atoms with Crippen molar-refractivity contribution in [2.45, 2.75) is 56.9 Å². The lowest BCUT2D eigenvalue weighted by molar-refractivity contribution is -0.131. The molecule has 0 atom stereocenters. The second-order valence-corrected chi connectivity index (χ2v) is 7.43. The van der Waals surface area contributed by atoms with Crippen LogP contribution in [-0.2, 0) is 11.2 Å². The first kappa shape index (κ1) is 15.2. The summed E-state index contributed by atoms with van der Waals surface area (Å²) in [5, 5.41) is 0. The normalized spacial score (nSPS) is 22.3. The molecule has 0 amide bonds. The fourth-order valence-electron chi connectivity index (χ4n) is 4.01. The Balaban J connectivity index is 1.76. The molecule has 1 aromatic rings. The summed E-state index contributed by atoms with van der Waals surface area (Å²) < 4.78 is 1.07. The summed E-state index contributed by atoms with van der Waals surface area (Å²) in [6.07, 6.45) is 8.99. The molecule has 1 aliphatic carbocycles. The van der Waals surface area contributed by atoms with Crippen LogP contribution in [0.2, 0.25) is 0 Å². The number of halogens is 1. The Hall–Kier alpha value is -0.670. The van der Waals surface area contributed by atoms with E-state index in [4.69, 9.17) is 0 Å². The van der Waals surface area contributed by atoms with Gasteiger partial charge in [0.2, 0.25) is 0 Å². The van der Waals surface area contributed by atoms with Crippen LogP contribution in [0.1, 0.15) is 50.5 Å². The topological polar surface area (TPSA) is 20.3 Å². The van der Waals surface area contributed by atoms with E-state index in [0.29, 0.717) is 12.2 Å². The van der Waals surface area contributed by atoms with Gasteiger partial charge in [-0.15, -0.1) is 0 Å². The molecule has 1 saturated carbocycles. The zero-order valence-electron chi connectivity index (χ0n) is 12.6. The van der Waals surface area contributed by atoms with Crippen molar-refractivity contribution in [3.05, 3.63) is 34.3 Å². The van der Waals surface area contributed by atoms with E-state index in [1.165, 1.54) is 32.1 Å². The molecular weight excluding hydrogens is 326 g/mol. The number of carbonyl (C=O) groups is 1. The van der Waals surface area contributed by atoms with Gasteiger partial charge in [0.15, 0.2) is 5.78 Å². The van der Waals surface area contributed by atoms with Crippen molar-refractivity contribution in [1.82, 2.24) is 4.90 Å². The smallest absolute Gasteiger partial charge is 0.157 e. The van der Waals surface area contributed by atoms with E-state index in [9.17, 15) is 4.79 Å². The van der Waals surface area contributed by atoms with Crippen LogP contribution < -0.4 is 0 Å². The molecule has 0 aromatic heterocycles. The number of ketones is 1. The van der Waals surface area contributed by atoms with E-state index in [-0.39, 0.29) is 5.54 Å². The number of carbonyl (C=O) groups excluding carboxylic acids is 1. The largest absolute Gasteiger partial charge is 0.297 e. The van der Waals surface area contributed by atoms with Crippen molar-refractivity contribution >= 4 is 21.7 Å². The Morgan fingerprint density at radius 2 is 1.62 bits per heavy atom. The van der Waals surface area contributed by atoms with Crippen LogP contribution >= 0.6 is 15.9 Å². The number of nitrogens with zero attached hydrogens (tertiary/aromatic N) is 1. The predicted octanol–water partition coefficient (Wildman–Crippen LogP) is 4.36. The molecule has 2 nitrogen and oxygen atoms in total. The van der Waals surface area contributed by atoms with Crippen molar-refractivity contribution in [2.75, 3.05) is 13.1 Å². The number of likely N-dealkylation sites (tertiary alicyclic amines) is 1. The minimum atomic E-state index is -0.145. The van der Waals surface area contributed by atoms with Crippen LogP contribution in [-0.4, -0.2) is 29.3 Å². The van der Waals surface area contributed by atoms with Gasteiger partial charge in [0.25, 0.3) is 0 Å². The van der Waals surface area contributed by atoms with Gasteiger partial charge in [-0.3, -0.25) is 9.69 Å². The maximum absolute atomic E-state index is 13.1. The first-order chi connectivity index (χ1) is 10.2. The highest BCUT2D eigenvalue weighted by Gasteiger charge is 2.45. The Labute approximate surface area is 136 Å². The van der Waals surface area contributed by atoms with E-state index >= 15 is 0 Å². The van der Waals surface area contributed by atoms with E-state index < -0.39 is 0 Å². The number of hydrogen-bond acceptors (Lipinski definition) is 2. The lowest BCUT2D eigenvalue weighted by Gasteiger charge is -2.42. The zero-order chi connectivity index (χ0) is 14.7. The predicted molar refractivity (Wildman–Crippen MR) is 89.5 cm³/mol. The summed E-state index contributed by atoms with van der Waals surface area (Å²) in [5.41, 5.74) is 1.000. The first-order valence-corrected chi connectivity index (χ1v) is 9.03. The average Bonchev–Trinajstić information content (AvgIpc) is 3.01. The van der Waals surface area contributed by atoms with Crippen LogP contribution in [0.25, 0.3) is 0 Å². The maximum Gasteiger partial charge on any atom is 0.157 e. The van der Waals surface area contributed by atoms with E-state index in [0.717, 1.165) is 36.0 Å². The van der Waals surface area contributed by atoms with Crippen molar-refractivity contribution in [3.63, 3.8) is 0 Å². The van der Waals surface area contributed by atoms with Crippen LogP contribution in [0.3, 0.4) is 0 Å². The number of hydrogen-bond donors (Lipinski definition) is 0. The van der Waals surface area contributed by atoms with Crippen LogP contribution in [0.15, 0.2) is 28.7 Å². The van der Waals surface area contributed by atoms with Gasteiger partial charge in [-0.2, -0.15) is 0 Å². The summed E-state index contributed by atoms with van der Waals surface area (Å²) >= 11 is 3.46. The molecule has 1 aliphatic heterocycles.